The van der Waals surface area contributed by atoms with Gasteiger partial charge in [0.05, 0.1) is 5.41 Å². The molecule has 0 unspecified atom stereocenters. The SMILES string of the molecule is Cc1cc(C)c(C(=O)NCC2(C(F)(F)F)CCCC2)c(=O)o1. The first-order chi connectivity index (χ1) is 10.2. The van der Waals surface area contributed by atoms with E-state index in [1.807, 2.05) is 0 Å². The number of carbonyl (C=O) groups excluding carboxylic acids is 1. The van der Waals surface area contributed by atoms with E-state index in [1.165, 1.54) is 6.07 Å². The highest BCUT2D eigenvalue weighted by Crippen LogP contribution is 2.49. The van der Waals surface area contributed by atoms with Gasteiger partial charge in [0.2, 0.25) is 0 Å². The number of hydrogen-bond acceptors (Lipinski definition) is 3. The lowest BCUT2D eigenvalue weighted by molar-refractivity contribution is -0.219. The molecule has 1 aliphatic rings. The van der Waals surface area contributed by atoms with Crippen LogP contribution in [0, 0.1) is 19.3 Å². The predicted molar refractivity (Wildman–Crippen MR) is 73.7 cm³/mol. The second kappa shape index (κ2) is 5.78. The third-order valence-corrected chi connectivity index (χ3v) is 4.25. The quantitative estimate of drug-likeness (QED) is 0.932. The van der Waals surface area contributed by atoms with Crippen LogP contribution in [0.15, 0.2) is 15.3 Å². The Morgan fingerprint density at radius 1 is 1.32 bits per heavy atom. The van der Waals surface area contributed by atoms with Gasteiger partial charge in [-0.2, -0.15) is 13.2 Å². The smallest absolute Gasteiger partial charge is 0.396 e. The minimum atomic E-state index is -4.37. The molecule has 1 aromatic rings. The van der Waals surface area contributed by atoms with Gasteiger partial charge in [0.25, 0.3) is 5.91 Å². The maximum Gasteiger partial charge on any atom is 0.396 e. The Balaban J connectivity index is 2.18. The number of halogens is 3. The monoisotopic (exact) mass is 317 g/mol. The number of alkyl halides is 3. The van der Waals surface area contributed by atoms with Crippen molar-refractivity contribution in [2.24, 2.45) is 5.41 Å². The van der Waals surface area contributed by atoms with Crippen molar-refractivity contribution in [3.63, 3.8) is 0 Å². The van der Waals surface area contributed by atoms with Crippen LogP contribution in [0.3, 0.4) is 0 Å². The number of hydrogen-bond donors (Lipinski definition) is 1. The van der Waals surface area contributed by atoms with E-state index in [1.54, 1.807) is 13.8 Å². The van der Waals surface area contributed by atoms with Crippen molar-refractivity contribution in [1.29, 1.82) is 0 Å². The molecule has 122 valence electrons. The van der Waals surface area contributed by atoms with E-state index in [4.69, 9.17) is 4.42 Å². The molecule has 1 amide bonds. The number of rotatable bonds is 3. The van der Waals surface area contributed by atoms with E-state index >= 15 is 0 Å². The summed E-state index contributed by atoms with van der Waals surface area (Å²) in [6, 6.07) is 1.51. The van der Waals surface area contributed by atoms with Crippen molar-refractivity contribution in [1.82, 2.24) is 5.32 Å². The molecule has 4 nitrogen and oxygen atoms in total. The summed E-state index contributed by atoms with van der Waals surface area (Å²) in [7, 11) is 0. The van der Waals surface area contributed by atoms with Crippen LogP contribution in [0.4, 0.5) is 13.2 Å². The average molecular weight is 317 g/mol. The van der Waals surface area contributed by atoms with E-state index in [0.717, 1.165) is 0 Å². The highest BCUT2D eigenvalue weighted by Gasteiger charge is 2.55. The van der Waals surface area contributed by atoms with Gasteiger partial charge in [-0.25, -0.2) is 4.79 Å². The summed E-state index contributed by atoms with van der Waals surface area (Å²) in [5.41, 5.74) is -2.57. The molecule has 1 N–H and O–H groups in total. The minimum absolute atomic E-state index is 0.00172. The first-order valence-electron chi connectivity index (χ1n) is 7.13. The lowest BCUT2D eigenvalue weighted by Gasteiger charge is -2.31. The third kappa shape index (κ3) is 3.03. The van der Waals surface area contributed by atoms with Gasteiger partial charge in [-0.15, -0.1) is 0 Å². The maximum atomic E-state index is 13.2. The van der Waals surface area contributed by atoms with Gasteiger partial charge >= 0.3 is 11.8 Å². The minimum Gasteiger partial charge on any atom is -0.428 e. The number of aryl methyl sites for hydroxylation is 2. The molecular weight excluding hydrogens is 299 g/mol. The molecular formula is C15H18F3NO3. The van der Waals surface area contributed by atoms with Crippen LogP contribution < -0.4 is 10.9 Å². The highest BCUT2D eigenvalue weighted by atomic mass is 19.4. The zero-order valence-electron chi connectivity index (χ0n) is 12.5. The van der Waals surface area contributed by atoms with Gasteiger partial charge in [-0.3, -0.25) is 4.79 Å². The Hall–Kier alpha value is -1.79. The Morgan fingerprint density at radius 2 is 1.91 bits per heavy atom. The van der Waals surface area contributed by atoms with Crippen LogP contribution >= 0.6 is 0 Å². The fourth-order valence-electron chi connectivity index (χ4n) is 2.99. The van der Waals surface area contributed by atoms with Crippen LogP contribution in [0.2, 0.25) is 0 Å². The summed E-state index contributed by atoms with van der Waals surface area (Å²) in [5.74, 6) is -0.469. The number of nitrogens with one attached hydrogen (secondary N) is 1. The van der Waals surface area contributed by atoms with Crippen molar-refractivity contribution >= 4 is 5.91 Å². The Labute approximate surface area is 125 Å². The first-order valence-corrected chi connectivity index (χ1v) is 7.13. The second-order valence-corrected chi connectivity index (χ2v) is 5.87. The molecule has 1 aliphatic carbocycles. The van der Waals surface area contributed by atoms with Gasteiger partial charge in [-0.05, 0) is 38.3 Å². The molecule has 1 saturated carbocycles. The largest absolute Gasteiger partial charge is 0.428 e. The third-order valence-electron chi connectivity index (χ3n) is 4.25. The molecule has 0 bridgehead atoms. The summed E-state index contributed by atoms with van der Waals surface area (Å²) in [6.45, 7) is 2.60. The summed E-state index contributed by atoms with van der Waals surface area (Å²) in [5, 5.41) is 2.27. The van der Waals surface area contributed by atoms with Crippen LogP contribution in [0.5, 0.6) is 0 Å². The van der Waals surface area contributed by atoms with Gasteiger partial charge in [0, 0.05) is 6.54 Å². The van der Waals surface area contributed by atoms with Crippen molar-refractivity contribution in [2.45, 2.75) is 45.7 Å². The van der Waals surface area contributed by atoms with Gasteiger partial charge in [0.15, 0.2) is 0 Å². The molecule has 0 aliphatic heterocycles. The topological polar surface area (TPSA) is 59.3 Å². The van der Waals surface area contributed by atoms with E-state index in [0.29, 0.717) is 24.2 Å². The fourth-order valence-corrected chi connectivity index (χ4v) is 2.99. The summed E-state index contributed by atoms with van der Waals surface area (Å²) < 4.78 is 44.6. The first kappa shape index (κ1) is 16.6. The molecule has 0 atom stereocenters. The van der Waals surface area contributed by atoms with Crippen LogP contribution in [-0.4, -0.2) is 18.6 Å². The Bertz CT molecular complexity index is 628. The Morgan fingerprint density at radius 3 is 2.41 bits per heavy atom. The van der Waals surface area contributed by atoms with Crippen LogP contribution in [0.1, 0.15) is 47.4 Å². The standard InChI is InChI=1S/C15H18F3NO3/c1-9-7-10(2)22-13(21)11(9)12(20)19-8-14(15(16,17)18)5-3-4-6-14/h7H,3-6,8H2,1-2H3,(H,19,20). The molecule has 0 radical (unpaired) electrons. The normalized spacial score (nSPS) is 17.5. The summed E-state index contributed by atoms with van der Waals surface area (Å²) in [6.07, 6.45) is -3.40. The zero-order valence-corrected chi connectivity index (χ0v) is 12.5. The molecule has 1 aromatic heterocycles. The molecule has 7 heteroatoms. The fraction of sp³-hybridized carbons (Fsp3) is 0.600. The lowest BCUT2D eigenvalue weighted by Crippen LogP contribution is -2.46. The second-order valence-electron chi connectivity index (χ2n) is 5.87. The van der Waals surface area contributed by atoms with E-state index in [2.05, 4.69) is 5.32 Å². The van der Waals surface area contributed by atoms with Gasteiger partial charge in [-0.1, -0.05) is 12.8 Å². The van der Waals surface area contributed by atoms with Gasteiger partial charge in [0.1, 0.15) is 11.3 Å². The lowest BCUT2D eigenvalue weighted by atomic mass is 9.85. The molecule has 2 rings (SSSR count). The maximum absolute atomic E-state index is 13.2. The molecule has 0 spiro atoms. The van der Waals surface area contributed by atoms with Crippen molar-refractivity contribution in [3.05, 3.63) is 33.4 Å². The number of carbonyl (C=O) groups is 1. The highest BCUT2D eigenvalue weighted by molar-refractivity contribution is 5.95. The zero-order chi connectivity index (χ0) is 16.5. The summed E-state index contributed by atoms with van der Waals surface area (Å²) in [4.78, 5) is 23.8. The van der Waals surface area contributed by atoms with Crippen molar-refractivity contribution in [2.75, 3.05) is 6.54 Å². The van der Waals surface area contributed by atoms with E-state index in [-0.39, 0.29) is 18.4 Å². The molecule has 1 heterocycles. The average Bonchev–Trinajstić information content (AvgIpc) is 2.84. The predicted octanol–water partition coefficient (Wildman–Crippen LogP) is 3.11. The van der Waals surface area contributed by atoms with E-state index in [9.17, 15) is 22.8 Å². The Kier molecular flexibility index (Phi) is 4.35. The number of amides is 1. The summed E-state index contributed by atoms with van der Waals surface area (Å²) >= 11 is 0. The van der Waals surface area contributed by atoms with Crippen molar-refractivity contribution in [3.8, 4) is 0 Å². The van der Waals surface area contributed by atoms with E-state index < -0.39 is 29.7 Å². The molecule has 1 fully saturated rings. The van der Waals surface area contributed by atoms with Crippen LogP contribution in [-0.2, 0) is 0 Å². The van der Waals surface area contributed by atoms with Crippen molar-refractivity contribution < 1.29 is 22.4 Å². The molecule has 0 saturated heterocycles. The van der Waals surface area contributed by atoms with Gasteiger partial charge < -0.3 is 9.73 Å². The molecule has 0 aromatic carbocycles. The van der Waals surface area contributed by atoms with Crippen LogP contribution in [0.25, 0.3) is 0 Å². The molecule has 22 heavy (non-hydrogen) atoms.